The third kappa shape index (κ3) is 5.07. The van der Waals surface area contributed by atoms with E-state index in [9.17, 15) is 19.5 Å². The lowest BCUT2D eigenvalue weighted by molar-refractivity contribution is -0.150. The van der Waals surface area contributed by atoms with E-state index in [-0.39, 0.29) is 18.4 Å². The summed E-state index contributed by atoms with van der Waals surface area (Å²) in [6.07, 6.45) is -1.11. The van der Waals surface area contributed by atoms with Gasteiger partial charge in [-0.15, -0.1) is 0 Å². The number of nitrogens with one attached hydrogen (secondary N) is 1. The predicted octanol–water partition coefficient (Wildman–Crippen LogP) is 3.25. The molecule has 1 heterocycles. The molecule has 1 aliphatic carbocycles. The van der Waals surface area contributed by atoms with E-state index >= 15 is 0 Å². The number of benzene rings is 2. The monoisotopic (exact) mass is 466 g/mol. The van der Waals surface area contributed by atoms with Crippen LogP contribution in [0.2, 0.25) is 0 Å². The molecule has 2 aliphatic rings. The van der Waals surface area contributed by atoms with Crippen molar-refractivity contribution in [2.75, 3.05) is 26.3 Å². The first-order valence-corrected chi connectivity index (χ1v) is 11.6. The molecule has 180 valence electrons. The van der Waals surface area contributed by atoms with Gasteiger partial charge in [0.15, 0.2) is 6.10 Å². The Kier molecular flexibility index (Phi) is 7.17. The number of carbonyl (C=O) groups excluding carboxylic acids is 2. The average Bonchev–Trinajstić information content (AvgIpc) is 3.38. The molecule has 8 heteroatoms. The Morgan fingerprint density at radius 3 is 2.29 bits per heavy atom. The SMILES string of the molecule is CC(C)CN(CC(=O)O)C(=O)C1OCCC1NC(=O)OCC1c2ccccc2-c2ccccc21. The number of aliphatic carboxylic acids is 1. The van der Waals surface area contributed by atoms with Crippen molar-refractivity contribution in [2.24, 2.45) is 5.92 Å². The molecule has 0 aromatic heterocycles. The Hall–Kier alpha value is -3.39. The van der Waals surface area contributed by atoms with Gasteiger partial charge in [0.2, 0.25) is 0 Å². The van der Waals surface area contributed by atoms with E-state index in [4.69, 9.17) is 9.47 Å². The van der Waals surface area contributed by atoms with Crippen molar-refractivity contribution in [1.29, 1.82) is 0 Å². The van der Waals surface area contributed by atoms with Crippen LogP contribution in [0.15, 0.2) is 48.5 Å². The Bertz CT molecular complexity index is 1020. The third-order valence-electron chi connectivity index (χ3n) is 6.21. The highest BCUT2D eigenvalue weighted by molar-refractivity contribution is 5.86. The largest absolute Gasteiger partial charge is 0.480 e. The highest BCUT2D eigenvalue weighted by Crippen LogP contribution is 2.44. The molecule has 0 bridgehead atoms. The lowest BCUT2D eigenvalue weighted by Gasteiger charge is -2.28. The molecular weight excluding hydrogens is 436 g/mol. The van der Waals surface area contributed by atoms with E-state index < -0.39 is 36.7 Å². The smallest absolute Gasteiger partial charge is 0.407 e. The molecule has 1 saturated heterocycles. The van der Waals surface area contributed by atoms with E-state index in [0.717, 1.165) is 22.3 Å². The lowest BCUT2D eigenvalue weighted by Crippen LogP contribution is -2.51. The van der Waals surface area contributed by atoms with Gasteiger partial charge in [-0.1, -0.05) is 62.4 Å². The molecule has 8 nitrogen and oxygen atoms in total. The number of hydrogen-bond acceptors (Lipinski definition) is 5. The molecule has 0 radical (unpaired) electrons. The Morgan fingerprint density at radius 2 is 1.71 bits per heavy atom. The van der Waals surface area contributed by atoms with Crippen LogP contribution in [0, 0.1) is 5.92 Å². The van der Waals surface area contributed by atoms with Gasteiger partial charge < -0.3 is 24.8 Å². The Labute approximate surface area is 198 Å². The van der Waals surface area contributed by atoms with Crippen LogP contribution in [0.25, 0.3) is 11.1 Å². The predicted molar refractivity (Wildman–Crippen MR) is 125 cm³/mol. The molecule has 1 fully saturated rings. The molecule has 2 N–H and O–H groups in total. The Balaban J connectivity index is 1.39. The van der Waals surface area contributed by atoms with Crippen molar-refractivity contribution < 1.29 is 29.0 Å². The van der Waals surface area contributed by atoms with Gasteiger partial charge in [0.05, 0.1) is 6.04 Å². The van der Waals surface area contributed by atoms with Gasteiger partial charge in [-0.2, -0.15) is 0 Å². The summed E-state index contributed by atoms with van der Waals surface area (Å²) in [5.74, 6) is -1.49. The first kappa shape index (κ1) is 23.8. The van der Waals surface area contributed by atoms with E-state index in [0.29, 0.717) is 19.6 Å². The van der Waals surface area contributed by atoms with Gasteiger partial charge in [-0.25, -0.2) is 4.79 Å². The summed E-state index contributed by atoms with van der Waals surface area (Å²) in [7, 11) is 0. The molecule has 4 rings (SSSR count). The maximum Gasteiger partial charge on any atom is 0.407 e. The quantitative estimate of drug-likeness (QED) is 0.619. The van der Waals surface area contributed by atoms with E-state index in [1.165, 1.54) is 4.90 Å². The van der Waals surface area contributed by atoms with E-state index in [1.54, 1.807) is 0 Å². The van der Waals surface area contributed by atoms with E-state index in [1.807, 2.05) is 50.2 Å². The fourth-order valence-corrected chi connectivity index (χ4v) is 4.79. The second-order valence-corrected chi connectivity index (χ2v) is 9.16. The standard InChI is InChI=1S/C26H30N2O6/c1-16(2)13-28(14-23(29)30)25(31)24-22(11-12-33-24)27-26(32)34-15-21-19-9-5-3-7-17(19)18-8-4-6-10-20(18)21/h3-10,16,21-22,24H,11-15H2,1-2H3,(H,27,32)(H,29,30). The number of fused-ring (bicyclic) bond motifs is 3. The molecule has 34 heavy (non-hydrogen) atoms. The summed E-state index contributed by atoms with van der Waals surface area (Å²) in [6.45, 7) is 4.17. The molecule has 1 aliphatic heterocycles. The second kappa shape index (κ2) is 10.3. The second-order valence-electron chi connectivity index (χ2n) is 9.16. The maximum atomic E-state index is 13.0. The van der Waals surface area contributed by atoms with Crippen LogP contribution < -0.4 is 5.32 Å². The summed E-state index contributed by atoms with van der Waals surface area (Å²) in [5, 5.41) is 12.0. The van der Waals surface area contributed by atoms with Crippen LogP contribution in [0.1, 0.15) is 37.3 Å². The zero-order valence-electron chi connectivity index (χ0n) is 19.4. The minimum Gasteiger partial charge on any atom is -0.480 e. The fourth-order valence-electron chi connectivity index (χ4n) is 4.79. The van der Waals surface area contributed by atoms with Crippen molar-refractivity contribution in [2.45, 2.75) is 38.3 Å². The van der Waals surface area contributed by atoms with Gasteiger partial charge in [-0.05, 0) is 34.6 Å². The van der Waals surface area contributed by atoms with Gasteiger partial charge in [0.25, 0.3) is 5.91 Å². The van der Waals surface area contributed by atoms with Crippen LogP contribution in [0.5, 0.6) is 0 Å². The number of rotatable bonds is 8. The topological polar surface area (TPSA) is 105 Å². The number of nitrogens with zero attached hydrogens (tertiary/aromatic N) is 1. The molecular formula is C26H30N2O6. The number of carboxylic acid groups (broad SMARTS) is 1. The average molecular weight is 467 g/mol. The van der Waals surface area contributed by atoms with Crippen molar-refractivity contribution >= 4 is 18.0 Å². The van der Waals surface area contributed by atoms with Crippen molar-refractivity contribution in [3.8, 4) is 11.1 Å². The summed E-state index contributed by atoms with van der Waals surface area (Å²) in [5.41, 5.74) is 4.52. The molecule has 2 aromatic rings. The van der Waals surface area contributed by atoms with Crippen LogP contribution in [-0.4, -0.2) is 66.4 Å². The van der Waals surface area contributed by atoms with Gasteiger partial charge >= 0.3 is 12.1 Å². The van der Waals surface area contributed by atoms with Gasteiger partial charge in [0.1, 0.15) is 13.2 Å². The Morgan fingerprint density at radius 1 is 1.09 bits per heavy atom. The van der Waals surface area contributed by atoms with Crippen molar-refractivity contribution in [1.82, 2.24) is 10.2 Å². The molecule has 2 amide bonds. The highest BCUT2D eigenvalue weighted by Gasteiger charge is 2.39. The lowest BCUT2D eigenvalue weighted by atomic mass is 9.98. The zero-order valence-corrected chi connectivity index (χ0v) is 19.4. The molecule has 2 aromatic carbocycles. The number of hydrogen-bond donors (Lipinski definition) is 2. The molecule has 0 saturated carbocycles. The summed E-state index contributed by atoms with van der Waals surface area (Å²) in [4.78, 5) is 38.2. The third-order valence-corrected chi connectivity index (χ3v) is 6.21. The number of amides is 2. The first-order chi connectivity index (χ1) is 16.3. The van der Waals surface area contributed by atoms with Crippen LogP contribution in [0.4, 0.5) is 4.79 Å². The molecule has 2 unspecified atom stereocenters. The zero-order chi connectivity index (χ0) is 24.2. The van der Waals surface area contributed by atoms with Gasteiger partial charge in [0, 0.05) is 19.1 Å². The normalized spacial score (nSPS) is 18.9. The number of ether oxygens (including phenoxy) is 2. The van der Waals surface area contributed by atoms with Crippen molar-refractivity contribution in [3.05, 3.63) is 59.7 Å². The minimum absolute atomic E-state index is 0.0625. The van der Waals surface area contributed by atoms with E-state index in [2.05, 4.69) is 17.4 Å². The van der Waals surface area contributed by atoms with Crippen LogP contribution in [0.3, 0.4) is 0 Å². The summed E-state index contributed by atoms with van der Waals surface area (Å²) < 4.78 is 11.2. The highest BCUT2D eigenvalue weighted by atomic mass is 16.6. The number of alkyl carbamates (subject to hydrolysis) is 1. The van der Waals surface area contributed by atoms with Gasteiger partial charge in [-0.3, -0.25) is 9.59 Å². The summed E-state index contributed by atoms with van der Waals surface area (Å²) in [6, 6.07) is 15.6. The van der Waals surface area contributed by atoms with Crippen LogP contribution >= 0.6 is 0 Å². The molecule has 0 spiro atoms. The number of carboxylic acids is 1. The summed E-state index contributed by atoms with van der Waals surface area (Å²) >= 11 is 0. The van der Waals surface area contributed by atoms with Crippen molar-refractivity contribution in [3.63, 3.8) is 0 Å². The maximum absolute atomic E-state index is 13.0. The molecule has 2 atom stereocenters. The fraction of sp³-hybridized carbons (Fsp3) is 0.423. The minimum atomic E-state index is -1.09. The first-order valence-electron chi connectivity index (χ1n) is 11.6. The number of carbonyl (C=O) groups is 3. The van der Waals surface area contributed by atoms with Crippen LogP contribution in [-0.2, 0) is 19.1 Å².